The van der Waals surface area contributed by atoms with Gasteiger partial charge in [-0.25, -0.2) is 0 Å². The summed E-state index contributed by atoms with van der Waals surface area (Å²) in [4.78, 5) is 2.51. The van der Waals surface area contributed by atoms with E-state index in [2.05, 4.69) is 35.5 Å². The van der Waals surface area contributed by atoms with Crippen molar-refractivity contribution < 1.29 is 4.74 Å². The fourth-order valence-corrected chi connectivity index (χ4v) is 3.16. The van der Waals surface area contributed by atoms with Gasteiger partial charge in [0.05, 0.1) is 7.11 Å². The minimum atomic E-state index is 0.756. The van der Waals surface area contributed by atoms with Crippen LogP contribution in [-0.2, 0) is 13.1 Å². The third-order valence-electron chi connectivity index (χ3n) is 4.35. The van der Waals surface area contributed by atoms with Crippen LogP contribution in [0.1, 0.15) is 43.2 Å². The van der Waals surface area contributed by atoms with Gasteiger partial charge in [0.1, 0.15) is 5.75 Å². The van der Waals surface area contributed by atoms with Gasteiger partial charge in [-0.1, -0.05) is 31.4 Å². The zero-order chi connectivity index (χ0) is 14.4. The normalized spacial score (nSPS) is 16.6. The number of ether oxygens (including phenoxy) is 1. The van der Waals surface area contributed by atoms with E-state index < -0.39 is 0 Å². The molecule has 0 aromatic heterocycles. The molecule has 0 aliphatic heterocycles. The molecule has 0 amide bonds. The molecule has 1 aliphatic rings. The maximum absolute atomic E-state index is 5.51. The Hall–Kier alpha value is -1.06. The Morgan fingerprint density at radius 1 is 1.25 bits per heavy atom. The maximum atomic E-state index is 5.51. The smallest absolute Gasteiger partial charge is 0.123 e. The predicted octanol–water partition coefficient (Wildman–Crippen LogP) is 3.18. The van der Waals surface area contributed by atoms with Crippen LogP contribution in [0, 0.1) is 0 Å². The molecule has 1 aromatic carbocycles. The molecule has 0 unspecified atom stereocenters. The van der Waals surface area contributed by atoms with Gasteiger partial charge < -0.3 is 10.1 Å². The van der Waals surface area contributed by atoms with Gasteiger partial charge in [0, 0.05) is 24.7 Å². The average molecular weight is 276 g/mol. The van der Waals surface area contributed by atoms with Crippen molar-refractivity contribution >= 4 is 0 Å². The second-order valence-electron chi connectivity index (χ2n) is 5.88. The minimum Gasteiger partial charge on any atom is -0.496 e. The van der Waals surface area contributed by atoms with E-state index in [1.807, 2.05) is 7.05 Å². The van der Waals surface area contributed by atoms with Gasteiger partial charge in [-0.3, -0.25) is 4.90 Å². The Morgan fingerprint density at radius 2 is 2.00 bits per heavy atom. The van der Waals surface area contributed by atoms with Crippen molar-refractivity contribution in [3.05, 3.63) is 29.3 Å². The summed E-state index contributed by atoms with van der Waals surface area (Å²) in [5, 5.41) is 3.18. The lowest BCUT2D eigenvalue weighted by atomic mass is 9.94. The molecule has 1 fully saturated rings. The minimum absolute atomic E-state index is 0.756. The van der Waals surface area contributed by atoms with Gasteiger partial charge in [-0.2, -0.15) is 0 Å². The zero-order valence-corrected chi connectivity index (χ0v) is 13.1. The number of methoxy groups -OCH3 is 1. The lowest BCUT2D eigenvalue weighted by Crippen LogP contribution is -2.32. The average Bonchev–Trinajstić information content (AvgIpc) is 2.50. The Morgan fingerprint density at radius 3 is 2.65 bits per heavy atom. The van der Waals surface area contributed by atoms with Crippen LogP contribution in [0.15, 0.2) is 18.2 Å². The highest BCUT2D eigenvalue weighted by molar-refractivity contribution is 5.37. The third kappa shape index (κ3) is 3.97. The van der Waals surface area contributed by atoms with Gasteiger partial charge in [0.15, 0.2) is 0 Å². The van der Waals surface area contributed by atoms with Crippen molar-refractivity contribution in [2.45, 2.75) is 51.2 Å². The Bertz CT molecular complexity index is 413. The fourth-order valence-electron chi connectivity index (χ4n) is 3.16. The molecule has 1 aromatic rings. The molecule has 3 heteroatoms. The molecule has 0 saturated heterocycles. The summed E-state index contributed by atoms with van der Waals surface area (Å²) in [7, 11) is 5.97. The highest BCUT2D eigenvalue weighted by Crippen LogP contribution is 2.25. The third-order valence-corrected chi connectivity index (χ3v) is 4.35. The van der Waals surface area contributed by atoms with Crippen LogP contribution in [0.2, 0.25) is 0 Å². The number of nitrogens with one attached hydrogen (secondary N) is 1. The first-order chi connectivity index (χ1) is 9.74. The predicted molar refractivity (Wildman–Crippen MR) is 84.1 cm³/mol. The summed E-state index contributed by atoms with van der Waals surface area (Å²) in [6.45, 7) is 1.86. The van der Waals surface area contributed by atoms with Crippen molar-refractivity contribution in [3.8, 4) is 5.75 Å². The first kappa shape index (κ1) is 15.3. The van der Waals surface area contributed by atoms with Crippen LogP contribution in [0.5, 0.6) is 5.75 Å². The molecular weight excluding hydrogens is 248 g/mol. The molecule has 1 aliphatic carbocycles. The highest BCUT2D eigenvalue weighted by atomic mass is 16.5. The van der Waals surface area contributed by atoms with Crippen LogP contribution in [0.4, 0.5) is 0 Å². The van der Waals surface area contributed by atoms with Crippen LogP contribution in [0.3, 0.4) is 0 Å². The number of nitrogens with zero attached hydrogens (tertiary/aromatic N) is 1. The number of hydrogen-bond donors (Lipinski definition) is 1. The second kappa shape index (κ2) is 7.65. The summed E-state index contributed by atoms with van der Waals surface area (Å²) >= 11 is 0. The maximum Gasteiger partial charge on any atom is 0.123 e. The van der Waals surface area contributed by atoms with E-state index in [-0.39, 0.29) is 0 Å². The topological polar surface area (TPSA) is 24.5 Å². The summed E-state index contributed by atoms with van der Waals surface area (Å²) in [5.74, 6) is 0.994. The summed E-state index contributed by atoms with van der Waals surface area (Å²) in [6, 6.07) is 7.35. The Labute approximate surface area is 123 Å². The standard InChI is InChI=1S/C17H28N2O/c1-18-12-15-10-9-14(11-17(15)20-3)13-19(2)16-7-5-4-6-8-16/h9-11,16,18H,4-8,12-13H2,1-3H3. The van der Waals surface area contributed by atoms with Crippen LogP contribution >= 0.6 is 0 Å². The highest BCUT2D eigenvalue weighted by Gasteiger charge is 2.18. The lowest BCUT2D eigenvalue weighted by Gasteiger charge is -2.31. The molecule has 2 rings (SSSR count). The van der Waals surface area contributed by atoms with Crippen LogP contribution in [-0.4, -0.2) is 32.1 Å². The molecule has 0 heterocycles. The quantitative estimate of drug-likeness (QED) is 0.863. The summed E-state index contributed by atoms with van der Waals surface area (Å²) < 4.78 is 5.51. The van der Waals surface area contributed by atoms with E-state index >= 15 is 0 Å². The van der Waals surface area contributed by atoms with Crippen molar-refractivity contribution in [3.63, 3.8) is 0 Å². The largest absolute Gasteiger partial charge is 0.496 e. The van der Waals surface area contributed by atoms with Gasteiger partial charge in [-0.15, -0.1) is 0 Å². The Balaban J connectivity index is 2.01. The van der Waals surface area contributed by atoms with Crippen molar-refractivity contribution in [1.82, 2.24) is 10.2 Å². The summed E-state index contributed by atoms with van der Waals surface area (Å²) in [6.07, 6.45) is 6.90. The monoisotopic (exact) mass is 276 g/mol. The molecule has 0 radical (unpaired) electrons. The van der Waals surface area contributed by atoms with Crippen molar-refractivity contribution in [1.29, 1.82) is 0 Å². The van der Waals surface area contributed by atoms with E-state index in [9.17, 15) is 0 Å². The number of hydrogen-bond acceptors (Lipinski definition) is 3. The number of benzene rings is 1. The van der Waals surface area contributed by atoms with E-state index in [0.29, 0.717) is 0 Å². The van der Waals surface area contributed by atoms with Crippen molar-refractivity contribution in [2.75, 3.05) is 21.2 Å². The number of rotatable bonds is 6. The van der Waals surface area contributed by atoms with Crippen LogP contribution in [0.25, 0.3) is 0 Å². The summed E-state index contributed by atoms with van der Waals surface area (Å²) in [5.41, 5.74) is 2.56. The van der Waals surface area contributed by atoms with E-state index in [0.717, 1.165) is 24.9 Å². The molecule has 1 saturated carbocycles. The van der Waals surface area contributed by atoms with Crippen LogP contribution < -0.4 is 10.1 Å². The lowest BCUT2D eigenvalue weighted by molar-refractivity contribution is 0.184. The second-order valence-corrected chi connectivity index (χ2v) is 5.88. The van der Waals surface area contributed by atoms with Crippen molar-refractivity contribution in [2.24, 2.45) is 0 Å². The van der Waals surface area contributed by atoms with E-state index in [1.54, 1.807) is 7.11 Å². The van der Waals surface area contributed by atoms with E-state index in [4.69, 9.17) is 4.74 Å². The molecule has 0 atom stereocenters. The SMILES string of the molecule is CNCc1ccc(CN(C)C2CCCCC2)cc1OC. The molecule has 112 valence electrons. The van der Waals surface area contributed by atoms with Gasteiger partial charge in [0.2, 0.25) is 0 Å². The molecule has 20 heavy (non-hydrogen) atoms. The first-order valence-electron chi connectivity index (χ1n) is 7.75. The zero-order valence-electron chi connectivity index (χ0n) is 13.1. The van der Waals surface area contributed by atoms with Gasteiger partial charge in [0.25, 0.3) is 0 Å². The van der Waals surface area contributed by atoms with Gasteiger partial charge in [-0.05, 0) is 38.6 Å². The molecular formula is C17H28N2O. The molecule has 0 spiro atoms. The molecule has 0 bridgehead atoms. The Kier molecular flexibility index (Phi) is 5.86. The van der Waals surface area contributed by atoms with Gasteiger partial charge >= 0.3 is 0 Å². The molecule has 3 nitrogen and oxygen atoms in total. The first-order valence-corrected chi connectivity index (χ1v) is 7.75. The fraction of sp³-hybridized carbons (Fsp3) is 0.647. The molecule has 1 N–H and O–H groups in total. The van der Waals surface area contributed by atoms with E-state index in [1.165, 1.54) is 43.2 Å².